The third-order valence-corrected chi connectivity index (χ3v) is 6.14. The number of rotatable bonds is 3. The van der Waals surface area contributed by atoms with Crippen LogP contribution in [0.25, 0.3) is 11.0 Å². The Bertz CT molecular complexity index is 1310. The molecule has 1 atom stereocenters. The first kappa shape index (κ1) is 18.1. The fraction of sp³-hybridized carbons (Fsp3) is 0.136. The van der Waals surface area contributed by atoms with E-state index >= 15 is 0 Å². The van der Waals surface area contributed by atoms with Crippen LogP contribution in [-0.4, -0.2) is 10.9 Å². The highest BCUT2D eigenvalue weighted by atomic mass is 35.5. The molecule has 0 radical (unpaired) electrons. The predicted octanol–water partition coefficient (Wildman–Crippen LogP) is 5.22. The lowest BCUT2D eigenvalue weighted by atomic mass is 9.98. The average Bonchev–Trinajstić information content (AvgIpc) is 3.35. The maximum Gasteiger partial charge on any atom is 0.297 e. The van der Waals surface area contributed by atoms with Crippen molar-refractivity contribution in [2.24, 2.45) is 0 Å². The first-order valence-corrected chi connectivity index (χ1v) is 10.4. The Labute approximate surface area is 175 Å². The van der Waals surface area contributed by atoms with Crippen LogP contribution in [0.1, 0.15) is 40.2 Å². The summed E-state index contributed by atoms with van der Waals surface area (Å²) < 4.78 is 5.96. The Kier molecular flexibility index (Phi) is 4.26. The summed E-state index contributed by atoms with van der Waals surface area (Å²) in [5.74, 6) is -0.314. The molecule has 7 heteroatoms. The van der Waals surface area contributed by atoms with Crippen molar-refractivity contribution in [2.45, 2.75) is 19.4 Å². The number of anilines is 1. The van der Waals surface area contributed by atoms with Gasteiger partial charge in [0.15, 0.2) is 10.6 Å². The highest BCUT2D eigenvalue weighted by Crippen LogP contribution is 2.42. The van der Waals surface area contributed by atoms with E-state index in [0.29, 0.717) is 26.7 Å². The second-order valence-corrected chi connectivity index (χ2v) is 8.11. The van der Waals surface area contributed by atoms with Crippen molar-refractivity contribution in [3.05, 3.63) is 91.7 Å². The van der Waals surface area contributed by atoms with Crippen LogP contribution < -0.4 is 10.3 Å². The molecule has 5 rings (SSSR count). The first-order chi connectivity index (χ1) is 14.1. The standard InChI is InChI=1S/C22H15ClN2O3S/c1-2-12-6-7-16-15(10-12)19(26)17-18(13-4-3-5-14(23)11-13)25(21(27)20(17)28-16)22-24-8-9-29-22/h3-11,18H,2H2,1H3. The van der Waals surface area contributed by atoms with Gasteiger partial charge in [0.25, 0.3) is 5.91 Å². The Morgan fingerprint density at radius 3 is 2.79 bits per heavy atom. The lowest BCUT2D eigenvalue weighted by molar-refractivity contribution is 0.0971. The van der Waals surface area contributed by atoms with Gasteiger partial charge in [0.05, 0.1) is 17.0 Å². The molecular formula is C22H15ClN2O3S. The normalized spacial score (nSPS) is 15.9. The van der Waals surface area contributed by atoms with E-state index in [2.05, 4.69) is 4.98 Å². The maximum absolute atomic E-state index is 13.5. The molecule has 2 aromatic carbocycles. The van der Waals surface area contributed by atoms with Crippen LogP contribution in [-0.2, 0) is 6.42 Å². The molecule has 3 heterocycles. The van der Waals surface area contributed by atoms with E-state index in [4.69, 9.17) is 16.0 Å². The molecule has 0 fully saturated rings. The zero-order valence-corrected chi connectivity index (χ0v) is 17.0. The van der Waals surface area contributed by atoms with Gasteiger partial charge in [-0.3, -0.25) is 14.5 Å². The average molecular weight is 423 g/mol. The fourth-order valence-corrected chi connectivity index (χ4v) is 4.63. The SMILES string of the molecule is CCc1ccc2oc3c(c(=O)c2c1)C(c1cccc(Cl)c1)N(c1nccs1)C3=O. The van der Waals surface area contributed by atoms with E-state index in [-0.39, 0.29) is 17.1 Å². The lowest BCUT2D eigenvalue weighted by Gasteiger charge is -2.22. The second kappa shape index (κ2) is 6.83. The Morgan fingerprint density at radius 1 is 1.21 bits per heavy atom. The van der Waals surface area contributed by atoms with E-state index in [1.165, 1.54) is 16.2 Å². The Morgan fingerprint density at radius 2 is 2.07 bits per heavy atom. The number of hydrogen-bond donors (Lipinski definition) is 0. The number of fused-ring (bicyclic) bond motifs is 2. The summed E-state index contributed by atoms with van der Waals surface area (Å²) in [5.41, 5.74) is 2.30. The second-order valence-electron chi connectivity index (χ2n) is 6.81. The molecule has 2 aromatic heterocycles. The van der Waals surface area contributed by atoms with Gasteiger partial charge in [-0.25, -0.2) is 4.98 Å². The summed E-state index contributed by atoms with van der Waals surface area (Å²) in [6.07, 6.45) is 2.43. The minimum atomic E-state index is -0.645. The van der Waals surface area contributed by atoms with E-state index in [1.807, 2.05) is 25.1 Å². The number of halogens is 1. The zero-order valence-electron chi connectivity index (χ0n) is 15.4. The van der Waals surface area contributed by atoms with Gasteiger partial charge < -0.3 is 4.42 Å². The minimum absolute atomic E-state index is 0.0620. The summed E-state index contributed by atoms with van der Waals surface area (Å²) in [5, 5.41) is 3.30. The number of carbonyl (C=O) groups excluding carboxylic acids is 1. The molecule has 5 nitrogen and oxygen atoms in total. The monoisotopic (exact) mass is 422 g/mol. The third kappa shape index (κ3) is 2.79. The molecule has 4 aromatic rings. The number of amides is 1. The molecule has 29 heavy (non-hydrogen) atoms. The number of benzene rings is 2. The summed E-state index contributed by atoms with van der Waals surface area (Å²) >= 11 is 7.55. The van der Waals surface area contributed by atoms with Gasteiger partial charge in [-0.1, -0.05) is 36.7 Å². The van der Waals surface area contributed by atoms with Crippen LogP contribution in [0.5, 0.6) is 0 Å². The highest BCUT2D eigenvalue weighted by molar-refractivity contribution is 7.13. The first-order valence-electron chi connectivity index (χ1n) is 9.16. The molecule has 0 bridgehead atoms. The molecule has 1 aliphatic rings. The van der Waals surface area contributed by atoms with Gasteiger partial charge in [0, 0.05) is 16.6 Å². The highest BCUT2D eigenvalue weighted by Gasteiger charge is 2.44. The number of aromatic nitrogens is 1. The van der Waals surface area contributed by atoms with Crippen LogP contribution >= 0.6 is 22.9 Å². The lowest BCUT2D eigenvalue weighted by Crippen LogP contribution is -2.29. The number of nitrogens with zero attached hydrogens (tertiary/aromatic N) is 2. The van der Waals surface area contributed by atoms with Crippen molar-refractivity contribution in [1.82, 2.24) is 4.98 Å². The van der Waals surface area contributed by atoms with Gasteiger partial charge in [0.2, 0.25) is 5.76 Å². The molecule has 0 aliphatic carbocycles. The molecule has 0 saturated heterocycles. The van der Waals surface area contributed by atoms with Gasteiger partial charge in [-0.2, -0.15) is 0 Å². The minimum Gasteiger partial charge on any atom is -0.450 e. The quantitative estimate of drug-likeness (QED) is 0.454. The van der Waals surface area contributed by atoms with Crippen LogP contribution in [0.15, 0.2) is 63.3 Å². The predicted molar refractivity (Wildman–Crippen MR) is 114 cm³/mol. The summed E-state index contributed by atoms with van der Waals surface area (Å²) in [6.45, 7) is 2.03. The van der Waals surface area contributed by atoms with Crippen LogP contribution in [0.4, 0.5) is 5.13 Å². The molecule has 0 saturated carbocycles. The van der Waals surface area contributed by atoms with Crippen LogP contribution in [0.2, 0.25) is 5.02 Å². The number of hydrogen-bond acceptors (Lipinski definition) is 5. The molecule has 0 spiro atoms. The van der Waals surface area contributed by atoms with E-state index in [1.54, 1.807) is 35.8 Å². The Balaban J connectivity index is 1.83. The number of thiazole rings is 1. The molecule has 1 aliphatic heterocycles. The van der Waals surface area contributed by atoms with Gasteiger partial charge in [0.1, 0.15) is 5.58 Å². The summed E-state index contributed by atoms with van der Waals surface area (Å²) in [4.78, 5) is 32.7. The van der Waals surface area contributed by atoms with Gasteiger partial charge in [-0.15, -0.1) is 11.3 Å². The van der Waals surface area contributed by atoms with Crippen molar-refractivity contribution >= 4 is 44.9 Å². The number of carbonyl (C=O) groups is 1. The van der Waals surface area contributed by atoms with Crippen molar-refractivity contribution in [1.29, 1.82) is 0 Å². The smallest absolute Gasteiger partial charge is 0.297 e. The van der Waals surface area contributed by atoms with E-state index in [0.717, 1.165) is 17.5 Å². The summed E-state index contributed by atoms with van der Waals surface area (Å²) in [7, 11) is 0. The van der Waals surface area contributed by atoms with Crippen LogP contribution in [0.3, 0.4) is 0 Å². The summed E-state index contributed by atoms with van der Waals surface area (Å²) in [6, 6.07) is 12.0. The third-order valence-electron chi connectivity index (χ3n) is 5.13. The van der Waals surface area contributed by atoms with Crippen molar-refractivity contribution in [2.75, 3.05) is 4.90 Å². The van der Waals surface area contributed by atoms with Crippen molar-refractivity contribution < 1.29 is 9.21 Å². The molecule has 0 N–H and O–H groups in total. The molecule has 1 unspecified atom stereocenters. The van der Waals surface area contributed by atoms with E-state index in [9.17, 15) is 9.59 Å². The number of aryl methyl sites for hydroxylation is 1. The topological polar surface area (TPSA) is 63.4 Å². The fourth-order valence-electron chi connectivity index (χ4n) is 3.76. The van der Waals surface area contributed by atoms with Gasteiger partial charge >= 0.3 is 0 Å². The Hall–Kier alpha value is -2.96. The van der Waals surface area contributed by atoms with Gasteiger partial charge in [-0.05, 0) is 41.8 Å². The molecular weight excluding hydrogens is 408 g/mol. The molecule has 144 valence electrons. The van der Waals surface area contributed by atoms with Crippen molar-refractivity contribution in [3.63, 3.8) is 0 Å². The molecule has 1 amide bonds. The largest absolute Gasteiger partial charge is 0.450 e. The van der Waals surface area contributed by atoms with Crippen LogP contribution in [0, 0.1) is 0 Å². The van der Waals surface area contributed by atoms with Crippen molar-refractivity contribution in [3.8, 4) is 0 Å². The van der Waals surface area contributed by atoms with E-state index < -0.39 is 6.04 Å². The zero-order chi connectivity index (χ0) is 20.1. The maximum atomic E-state index is 13.5.